The average Bonchev–Trinajstić information content (AvgIpc) is 3.15. The summed E-state index contributed by atoms with van der Waals surface area (Å²) in [5.41, 5.74) is 1.57. The summed E-state index contributed by atoms with van der Waals surface area (Å²) in [4.78, 5) is 15.1. The van der Waals surface area contributed by atoms with Crippen molar-refractivity contribution in [2.75, 3.05) is 39.5 Å². The molecule has 1 amide bonds. The number of aliphatic hydroxyl groups is 1. The van der Waals surface area contributed by atoms with Crippen LogP contribution in [0.2, 0.25) is 0 Å². The fraction of sp³-hybridized carbons (Fsp3) is 0.435. The summed E-state index contributed by atoms with van der Waals surface area (Å²) >= 11 is 0. The molecular formula is C23H27NO4. The van der Waals surface area contributed by atoms with E-state index >= 15 is 0 Å². The summed E-state index contributed by atoms with van der Waals surface area (Å²) in [6.45, 7) is 3.08. The molecule has 2 aliphatic rings. The van der Waals surface area contributed by atoms with Crippen molar-refractivity contribution in [2.45, 2.75) is 12.8 Å². The Morgan fingerprint density at radius 2 is 1.96 bits per heavy atom. The Kier molecular flexibility index (Phi) is 5.64. The maximum Gasteiger partial charge on any atom is 0.257 e. The molecule has 2 aromatic carbocycles. The molecule has 2 heterocycles. The zero-order valence-corrected chi connectivity index (χ0v) is 16.0. The normalized spacial score (nSPS) is 24.0. The number of nitrogens with zero attached hydrogens (tertiary/aromatic N) is 1. The first kappa shape index (κ1) is 19.0. The number of likely N-dealkylation sites (tertiary alicyclic amines) is 1. The molecule has 28 heavy (non-hydrogen) atoms. The highest BCUT2D eigenvalue weighted by molar-refractivity contribution is 5.97. The van der Waals surface area contributed by atoms with Gasteiger partial charge in [-0.3, -0.25) is 4.79 Å². The van der Waals surface area contributed by atoms with E-state index in [2.05, 4.69) is 12.1 Å². The minimum absolute atomic E-state index is 0.0301. The molecule has 2 saturated heterocycles. The van der Waals surface area contributed by atoms with Crippen molar-refractivity contribution >= 4 is 5.91 Å². The van der Waals surface area contributed by atoms with Gasteiger partial charge in [0, 0.05) is 37.5 Å². The van der Waals surface area contributed by atoms with E-state index in [1.165, 1.54) is 5.56 Å². The van der Waals surface area contributed by atoms with Gasteiger partial charge in [-0.1, -0.05) is 42.5 Å². The second kappa shape index (κ2) is 8.33. The number of hydrogen-bond donors (Lipinski definition) is 1. The number of benzene rings is 2. The van der Waals surface area contributed by atoms with E-state index < -0.39 is 0 Å². The summed E-state index contributed by atoms with van der Waals surface area (Å²) in [6, 6.07) is 17.6. The van der Waals surface area contributed by atoms with Gasteiger partial charge in [-0.05, 0) is 24.1 Å². The van der Waals surface area contributed by atoms with Crippen LogP contribution in [-0.4, -0.2) is 55.4 Å². The molecule has 0 unspecified atom stereocenters. The number of ether oxygens (including phenoxy) is 2. The van der Waals surface area contributed by atoms with Crippen molar-refractivity contribution in [1.82, 2.24) is 4.90 Å². The highest BCUT2D eigenvalue weighted by atomic mass is 16.5. The second-order valence-electron chi connectivity index (χ2n) is 7.81. The van der Waals surface area contributed by atoms with Crippen molar-refractivity contribution in [3.05, 3.63) is 65.7 Å². The summed E-state index contributed by atoms with van der Waals surface area (Å²) in [7, 11) is 0. The zero-order chi connectivity index (χ0) is 19.4. The van der Waals surface area contributed by atoms with Crippen LogP contribution in [0.3, 0.4) is 0 Å². The van der Waals surface area contributed by atoms with E-state index in [0.717, 1.165) is 12.8 Å². The maximum absolute atomic E-state index is 13.2. The van der Waals surface area contributed by atoms with Crippen LogP contribution in [0.5, 0.6) is 5.75 Å². The first-order chi connectivity index (χ1) is 13.7. The first-order valence-corrected chi connectivity index (χ1v) is 9.95. The predicted octanol–water partition coefficient (Wildman–Crippen LogP) is 2.78. The van der Waals surface area contributed by atoms with Crippen LogP contribution in [0.4, 0.5) is 0 Å². The van der Waals surface area contributed by atoms with E-state index in [1.54, 1.807) is 0 Å². The van der Waals surface area contributed by atoms with E-state index in [-0.39, 0.29) is 23.8 Å². The molecule has 0 spiro atoms. The number of para-hydroxylation sites is 1. The van der Waals surface area contributed by atoms with Crippen LogP contribution < -0.4 is 4.74 Å². The van der Waals surface area contributed by atoms with Gasteiger partial charge in [-0.2, -0.15) is 0 Å². The number of carbonyl (C=O) groups excluding carboxylic acids is 1. The van der Waals surface area contributed by atoms with Gasteiger partial charge in [0.2, 0.25) is 0 Å². The SMILES string of the molecule is O=C(c1ccccc1OCCc1ccccc1)N1C[C@@H]2COCC[C@]2(CO)C1. The molecular weight excluding hydrogens is 354 g/mol. The molecule has 4 rings (SSSR count). The number of aliphatic hydroxyl groups excluding tert-OH is 1. The van der Waals surface area contributed by atoms with Gasteiger partial charge in [-0.25, -0.2) is 0 Å². The maximum atomic E-state index is 13.2. The Morgan fingerprint density at radius 3 is 2.75 bits per heavy atom. The third kappa shape index (κ3) is 3.77. The highest BCUT2D eigenvalue weighted by Gasteiger charge is 2.49. The molecule has 2 aromatic rings. The van der Waals surface area contributed by atoms with E-state index in [4.69, 9.17) is 9.47 Å². The Morgan fingerprint density at radius 1 is 1.18 bits per heavy atom. The lowest BCUT2D eigenvalue weighted by Crippen LogP contribution is -2.41. The number of hydrogen-bond acceptors (Lipinski definition) is 4. The van der Waals surface area contributed by atoms with Crippen LogP contribution in [-0.2, 0) is 11.2 Å². The molecule has 0 aliphatic carbocycles. The van der Waals surface area contributed by atoms with Crippen molar-refractivity contribution in [2.24, 2.45) is 11.3 Å². The Hall–Kier alpha value is -2.37. The van der Waals surface area contributed by atoms with Crippen LogP contribution in [0.25, 0.3) is 0 Å². The van der Waals surface area contributed by atoms with Gasteiger partial charge in [0.25, 0.3) is 5.91 Å². The molecule has 2 aliphatic heterocycles. The Bertz CT molecular complexity index is 809. The first-order valence-electron chi connectivity index (χ1n) is 9.95. The lowest BCUT2D eigenvalue weighted by Gasteiger charge is -2.36. The third-order valence-electron chi connectivity index (χ3n) is 6.09. The summed E-state index contributed by atoms with van der Waals surface area (Å²) in [5.74, 6) is 0.784. The van der Waals surface area contributed by atoms with Gasteiger partial charge in [0.1, 0.15) is 5.75 Å². The molecule has 0 radical (unpaired) electrons. The second-order valence-corrected chi connectivity index (χ2v) is 7.81. The van der Waals surface area contributed by atoms with E-state index in [0.29, 0.717) is 44.2 Å². The van der Waals surface area contributed by atoms with Gasteiger partial charge >= 0.3 is 0 Å². The van der Waals surface area contributed by atoms with Crippen LogP contribution in [0.1, 0.15) is 22.3 Å². The monoisotopic (exact) mass is 381 g/mol. The fourth-order valence-electron chi connectivity index (χ4n) is 4.32. The summed E-state index contributed by atoms with van der Waals surface area (Å²) in [6.07, 6.45) is 1.59. The molecule has 1 N–H and O–H groups in total. The molecule has 2 atom stereocenters. The quantitative estimate of drug-likeness (QED) is 0.836. The lowest BCUT2D eigenvalue weighted by molar-refractivity contribution is -0.0415. The number of amides is 1. The standard InChI is InChI=1S/C23H27NO4/c25-17-23-11-13-27-15-19(23)14-24(16-23)22(26)20-8-4-5-9-21(20)28-12-10-18-6-2-1-3-7-18/h1-9,19,25H,10-17H2/t19-,23-/m1/s1. The fourth-order valence-corrected chi connectivity index (χ4v) is 4.32. The van der Waals surface area contributed by atoms with Crippen molar-refractivity contribution in [1.29, 1.82) is 0 Å². The van der Waals surface area contributed by atoms with Crippen molar-refractivity contribution in [3.8, 4) is 5.75 Å². The molecule has 0 aromatic heterocycles. The number of rotatable bonds is 6. The molecule has 5 heteroatoms. The van der Waals surface area contributed by atoms with Gasteiger partial charge in [0.15, 0.2) is 0 Å². The minimum Gasteiger partial charge on any atom is -0.492 e. The van der Waals surface area contributed by atoms with Crippen molar-refractivity contribution in [3.63, 3.8) is 0 Å². The van der Waals surface area contributed by atoms with Crippen LogP contribution >= 0.6 is 0 Å². The van der Waals surface area contributed by atoms with Crippen LogP contribution in [0, 0.1) is 11.3 Å². The topological polar surface area (TPSA) is 59.0 Å². The smallest absolute Gasteiger partial charge is 0.257 e. The number of carbonyl (C=O) groups is 1. The van der Waals surface area contributed by atoms with Gasteiger partial charge in [-0.15, -0.1) is 0 Å². The molecule has 5 nitrogen and oxygen atoms in total. The summed E-state index contributed by atoms with van der Waals surface area (Å²) in [5, 5.41) is 9.98. The van der Waals surface area contributed by atoms with E-state index in [1.807, 2.05) is 47.4 Å². The minimum atomic E-state index is -0.225. The Labute approximate surface area is 165 Å². The number of fused-ring (bicyclic) bond motifs is 1. The van der Waals surface area contributed by atoms with Gasteiger partial charge in [0.05, 0.1) is 25.4 Å². The van der Waals surface area contributed by atoms with Crippen LogP contribution in [0.15, 0.2) is 54.6 Å². The molecule has 148 valence electrons. The zero-order valence-electron chi connectivity index (χ0n) is 16.0. The third-order valence-corrected chi connectivity index (χ3v) is 6.09. The molecule has 2 fully saturated rings. The summed E-state index contributed by atoms with van der Waals surface area (Å²) < 4.78 is 11.6. The highest BCUT2D eigenvalue weighted by Crippen LogP contribution is 2.42. The predicted molar refractivity (Wildman–Crippen MR) is 106 cm³/mol. The van der Waals surface area contributed by atoms with Gasteiger partial charge < -0.3 is 19.5 Å². The van der Waals surface area contributed by atoms with Crippen molar-refractivity contribution < 1.29 is 19.4 Å². The Balaban J connectivity index is 1.45. The molecule has 0 saturated carbocycles. The van der Waals surface area contributed by atoms with E-state index in [9.17, 15) is 9.90 Å². The lowest BCUT2D eigenvalue weighted by atomic mass is 9.75. The molecule has 0 bridgehead atoms. The largest absolute Gasteiger partial charge is 0.492 e. The average molecular weight is 381 g/mol.